The number of rotatable bonds is 4. The van der Waals surface area contributed by atoms with Crippen LogP contribution in [0.5, 0.6) is 0 Å². The van der Waals surface area contributed by atoms with Gasteiger partial charge in [0.05, 0.1) is 15.7 Å². The number of hydrogen-bond donors (Lipinski definition) is 2. The summed E-state index contributed by atoms with van der Waals surface area (Å²) in [6, 6.07) is 9.15. The van der Waals surface area contributed by atoms with Gasteiger partial charge < -0.3 is 11.1 Å². The predicted molar refractivity (Wildman–Crippen MR) is 78.7 cm³/mol. The number of carbonyl (C=O) groups excluding carboxylic acids is 1. The fourth-order valence-electron chi connectivity index (χ4n) is 1.69. The molecule has 2 aromatic carbocycles. The molecule has 0 unspecified atom stereocenters. The van der Waals surface area contributed by atoms with Gasteiger partial charge in [-0.25, -0.2) is 4.39 Å². The van der Waals surface area contributed by atoms with E-state index in [1.165, 1.54) is 12.1 Å². The summed E-state index contributed by atoms with van der Waals surface area (Å²) >= 11 is 12.0. The molecule has 0 heterocycles. The molecule has 0 saturated heterocycles. The van der Waals surface area contributed by atoms with Gasteiger partial charge in [-0.2, -0.15) is 0 Å². The van der Waals surface area contributed by atoms with Crippen molar-refractivity contribution in [3.63, 3.8) is 0 Å². The van der Waals surface area contributed by atoms with Gasteiger partial charge in [-0.3, -0.25) is 4.79 Å². The number of halogens is 3. The molecule has 0 saturated carbocycles. The summed E-state index contributed by atoms with van der Waals surface area (Å²) in [6.45, 7) is 0.189. The van der Waals surface area contributed by atoms with Gasteiger partial charge in [-0.05, 0) is 24.3 Å². The first-order valence-electron chi connectivity index (χ1n) is 5.75. The summed E-state index contributed by atoms with van der Waals surface area (Å²) in [5.41, 5.74) is 6.13. The van der Waals surface area contributed by atoms with Crippen LogP contribution in [0.4, 0.5) is 10.1 Å². The predicted octanol–water partition coefficient (Wildman–Crippen LogP) is 3.84. The average molecular weight is 313 g/mol. The van der Waals surface area contributed by atoms with Crippen molar-refractivity contribution in [1.82, 2.24) is 0 Å². The monoisotopic (exact) mass is 312 g/mol. The Morgan fingerprint density at radius 3 is 2.40 bits per heavy atom. The van der Waals surface area contributed by atoms with Crippen molar-refractivity contribution in [2.75, 3.05) is 5.32 Å². The summed E-state index contributed by atoms with van der Waals surface area (Å²) in [5.74, 6) is -1.19. The molecule has 0 radical (unpaired) electrons. The fourth-order valence-corrected chi connectivity index (χ4v) is 2.23. The van der Waals surface area contributed by atoms with Crippen LogP contribution >= 0.6 is 23.2 Å². The second-order valence-electron chi connectivity index (χ2n) is 4.12. The number of hydrogen-bond acceptors (Lipinski definition) is 2. The normalized spacial score (nSPS) is 10.3. The number of nitrogens with two attached hydrogens (primary N) is 1. The van der Waals surface area contributed by atoms with Crippen molar-refractivity contribution in [3.05, 3.63) is 63.4 Å². The van der Waals surface area contributed by atoms with E-state index >= 15 is 0 Å². The molecule has 0 bridgehead atoms. The van der Waals surface area contributed by atoms with Crippen LogP contribution in [0.3, 0.4) is 0 Å². The maximum absolute atomic E-state index is 13.8. The van der Waals surface area contributed by atoms with Gasteiger partial charge in [0, 0.05) is 17.7 Å². The number of carbonyl (C=O) groups is 1. The van der Waals surface area contributed by atoms with E-state index in [1.54, 1.807) is 18.2 Å². The van der Waals surface area contributed by atoms with Gasteiger partial charge in [0.2, 0.25) is 5.91 Å². The van der Waals surface area contributed by atoms with Crippen LogP contribution in [0.15, 0.2) is 36.4 Å². The molecule has 0 atom stereocenters. The SMILES string of the molecule is NC(=O)c1ccc(CNc2c(Cl)cccc2Cl)c(F)c1. The molecule has 20 heavy (non-hydrogen) atoms. The smallest absolute Gasteiger partial charge is 0.248 e. The lowest BCUT2D eigenvalue weighted by Crippen LogP contribution is -2.12. The fraction of sp³-hybridized carbons (Fsp3) is 0.0714. The molecule has 2 rings (SSSR count). The van der Waals surface area contributed by atoms with Gasteiger partial charge in [-0.1, -0.05) is 35.3 Å². The standard InChI is InChI=1S/C14H11Cl2FN2O/c15-10-2-1-3-11(16)13(10)19-7-9-5-4-8(14(18)20)6-12(9)17/h1-6,19H,7H2,(H2,18,20). The minimum Gasteiger partial charge on any atom is -0.378 e. The highest BCUT2D eigenvalue weighted by molar-refractivity contribution is 6.39. The minimum atomic E-state index is -0.669. The van der Waals surface area contributed by atoms with Crippen LogP contribution in [0, 0.1) is 5.82 Å². The van der Waals surface area contributed by atoms with Crippen molar-refractivity contribution in [2.24, 2.45) is 5.73 Å². The first kappa shape index (κ1) is 14.6. The van der Waals surface area contributed by atoms with Crippen molar-refractivity contribution in [1.29, 1.82) is 0 Å². The molecule has 1 amide bonds. The van der Waals surface area contributed by atoms with Gasteiger partial charge >= 0.3 is 0 Å². The van der Waals surface area contributed by atoms with Crippen LogP contribution in [-0.2, 0) is 6.54 Å². The zero-order chi connectivity index (χ0) is 14.7. The molecule has 6 heteroatoms. The second kappa shape index (κ2) is 6.11. The zero-order valence-corrected chi connectivity index (χ0v) is 11.8. The molecule has 0 aliphatic heterocycles. The van der Waals surface area contributed by atoms with E-state index in [0.717, 1.165) is 6.07 Å². The lowest BCUT2D eigenvalue weighted by atomic mass is 10.1. The first-order valence-corrected chi connectivity index (χ1v) is 6.50. The van der Waals surface area contributed by atoms with E-state index in [0.29, 0.717) is 21.3 Å². The molecule has 3 N–H and O–H groups in total. The molecule has 0 aromatic heterocycles. The highest BCUT2D eigenvalue weighted by Crippen LogP contribution is 2.30. The highest BCUT2D eigenvalue weighted by Gasteiger charge is 2.09. The third-order valence-corrected chi connectivity index (χ3v) is 3.39. The Morgan fingerprint density at radius 1 is 1.20 bits per heavy atom. The molecule has 0 fully saturated rings. The Morgan fingerprint density at radius 2 is 1.85 bits per heavy atom. The Bertz CT molecular complexity index is 641. The molecule has 0 aliphatic carbocycles. The van der Waals surface area contributed by atoms with Crippen LogP contribution < -0.4 is 11.1 Å². The number of benzene rings is 2. The van der Waals surface area contributed by atoms with Gasteiger partial charge in [-0.15, -0.1) is 0 Å². The zero-order valence-electron chi connectivity index (χ0n) is 10.3. The molecule has 0 aliphatic rings. The van der Waals surface area contributed by atoms with Crippen molar-refractivity contribution in [2.45, 2.75) is 6.54 Å². The maximum atomic E-state index is 13.8. The van der Waals surface area contributed by atoms with Crippen LogP contribution in [0.2, 0.25) is 10.0 Å². The quantitative estimate of drug-likeness (QED) is 0.901. The number of anilines is 1. The van der Waals surface area contributed by atoms with E-state index in [4.69, 9.17) is 28.9 Å². The van der Waals surface area contributed by atoms with E-state index in [-0.39, 0.29) is 12.1 Å². The van der Waals surface area contributed by atoms with Crippen molar-refractivity contribution >= 4 is 34.8 Å². The van der Waals surface area contributed by atoms with Gasteiger partial charge in [0.1, 0.15) is 5.82 Å². The molecular formula is C14H11Cl2FN2O. The number of para-hydroxylation sites is 1. The van der Waals surface area contributed by atoms with E-state index in [2.05, 4.69) is 5.32 Å². The summed E-state index contributed by atoms with van der Waals surface area (Å²) < 4.78 is 13.8. The largest absolute Gasteiger partial charge is 0.378 e. The van der Waals surface area contributed by atoms with E-state index in [1.807, 2.05) is 0 Å². The van der Waals surface area contributed by atoms with Gasteiger partial charge in [0.25, 0.3) is 0 Å². The highest BCUT2D eigenvalue weighted by atomic mass is 35.5. The summed E-state index contributed by atoms with van der Waals surface area (Å²) in [7, 11) is 0. The van der Waals surface area contributed by atoms with Crippen LogP contribution in [0.25, 0.3) is 0 Å². The summed E-state index contributed by atoms with van der Waals surface area (Å²) in [6.07, 6.45) is 0. The topological polar surface area (TPSA) is 55.1 Å². The minimum absolute atomic E-state index is 0.127. The maximum Gasteiger partial charge on any atom is 0.248 e. The lowest BCUT2D eigenvalue weighted by molar-refractivity contribution is 0.1000. The Balaban J connectivity index is 2.17. The van der Waals surface area contributed by atoms with Crippen molar-refractivity contribution < 1.29 is 9.18 Å². The molecule has 2 aromatic rings. The van der Waals surface area contributed by atoms with E-state index < -0.39 is 11.7 Å². The number of amides is 1. The van der Waals surface area contributed by atoms with Crippen LogP contribution in [0.1, 0.15) is 15.9 Å². The third kappa shape index (κ3) is 3.21. The first-order chi connectivity index (χ1) is 9.49. The Labute approximate surface area is 125 Å². The van der Waals surface area contributed by atoms with Gasteiger partial charge in [0.15, 0.2) is 0 Å². The molecule has 104 valence electrons. The number of primary amides is 1. The average Bonchev–Trinajstić information content (AvgIpc) is 2.39. The lowest BCUT2D eigenvalue weighted by Gasteiger charge is -2.11. The molecule has 0 spiro atoms. The summed E-state index contributed by atoms with van der Waals surface area (Å²) in [4.78, 5) is 10.9. The Kier molecular flexibility index (Phi) is 4.47. The van der Waals surface area contributed by atoms with Crippen molar-refractivity contribution in [3.8, 4) is 0 Å². The second-order valence-corrected chi connectivity index (χ2v) is 4.94. The Hall–Kier alpha value is -1.78. The van der Waals surface area contributed by atoms with E-state index in [9.17, 15) is 9.18 Å². The number of nitrogens with one attached hydrogen (secondary N) is 1. The molecule has 3 nitrogen and oxygen atoms in total. The third-order valence-electron chi connectivity index (χ3n) is 2.76. The molecular weight excluding hydrogens is 302 g/mol. The summed E-state index contributed by atoms with van der Waals surface area (Å²) in [5, 5.41) is 3.87. The van der Waals surface area contributed by atoms with Crippen LogP contribution in [-0.4, -0.2) is 5.91 Å².